The molecule has 10 heavy (non-hydrogen) atoms. The van der Waals surface area contributed by atoms with Gasteiger partial charge in [0.1, 0.15) is 0 Å². The molecule has 2 N–H and O–H groups in total. The average Bonchev–Trinajstić information content (AvgIpc) is 2.33. The summed E-state index contributed by atoms with van der Waals surface area (Å²) < 4.78 is 0. The van der Waals surface area contributed by atoms with Crippen LogP contribution in [0.1, 0.15) is 0 Å². The Balaban J connectivity index is 2.99. The van der Waals surface area contributed by atoms with Gasteiger partial charge in [0.2, 0.25) is 5.56 Å². The number of nitrogens with zero attached hydrogens (tertiary/aromatic N) is 1. The molecule has 2 heterocycles. The van der Waals surface area contributed by atoms with Crippen molar-refractivity contribution in [3.05, 3.63) is 28.8 Å². The lowest BCUT2D eigenvalue weighted by Gasteiger charge is -1.82. The maximum atomic E-state index is 10.7. The van der Waals surface area contributed by atoms with Crippen LogP contribution in [0.5, 0.6) is 0 Å². The lowest BCUT2D eigenvalue weighted by Crippen LogP contribution is -2.00. The highest BCUT2D eigenvalue weighted by molar-refractivity contribution is 5.75. The Hall–Kier alpha value is -1.58. The van der Waals surface area contributed by atoms with Gasteiger partial charge in [-0.1, -0.05) is 0 Å². The van der Waals surface area contributed by atoms with Gasteiger partial charge in [0.05, 0.1) is 11.7 Å². The van der Waals surface area contributed by atoms with E-state index in [4.69, 9.17) is 0 Å². The SMILES string of the molecule is O=c1cc2[nH]ncc2c[nH]1. The van der Waals surface area contributed by atoms with Gasteiger partial charge in [-0.15, -0.1) is 0 Å². The number of aromatic nitrogens is 3. The molecule has 0 aliphatic rings. The fourth-order valence-electron chi connectivity index (χ4n) is 0.858. The van der Waals surface area contributed by atoms with E-state index >= 15 is 0 Å². The van der Waals surface area contributed by atoms with E-state index < -0.39 is 0 Å². The summed E-state index contributed by atoms with van der Waals surface area (Å²) in [7, 11) is 0. The van der Waals surface area contributed by atoms with Gasteiger partial charge in [-0.2, -0.15) is 5.10 Å². The van der Waals surface area contributed by atoms with Gasteiger partial charge < -0.3 is 4.98 Å². The topological polar surface area (TPSA) is 61.5 Å². The molecule has 2 aromatic heterocycles. The minimum atomic E-state index is -0.114. The van der Waals surface area contributed by atoms with Crippen molar-refractivity contribution in [3.8, 4) is 0 Å². The largest absolute Gasteiger partial charge is 0.328 e. The summed E-state index contributed by atoms with van der Waals surface area (Å²) in [5, 5.41) is 7.37. The third-order valence-corrected chi connectivity index (χ3v) is 1.35. The molecule has 0 aliphatic carbocycles. The van der Waals surface area contributed by atoms with E-state index in [0.717, 1.165) is 10.9 Å². The van der Waals surface area contributed by atoms with E-state index in [9.17, 15) is 4.79 Å². The minimum Gasteiger partial charge on any atom is -0.328 e. The van der Waals surface area contributed by atoms with Gasteiger partial charge in [-0.25, -0.2) is 0 Å². The van der Waals surface area contributed by atoms with Crippen LogP contribution in [0.4, 0.5) is 0 Å². The standard InChI is InChI=1S/C6H5N3O/c10-6-1-5-4(2-7-6)3-8-9-5/h1-3H,(H,7,10)(H,8,9). The highest BCUT2D eigenvalue weighted by Crippen LogP contribution is 2.02. The van der Waals surface area contributed by atoms with Crippen LogP contribution < -0.4 is 5.56 Å². The predicted octanol–water partition coefficient (Wildman–Crippen LogP) is 0.251. The van der Waals surface area contributed by atoms with Crippen molar-refractivity contribution in [2.45, 2.75) is 0 Å². The number of H-pyrrole nitrogens is 2. The Morgan fingerprint density at radius 2 is 2.40 bits per heavy atom. The van der Waals surface area contributed by atoms with Crippen LogP contribution in [0.3, 0.4) is 0 Å². The van der Waals surface area contributed by atoms with Gasteiger partial charge in [-0.3, -0.25) is 9.89 Å². The van der Waals surface area contributed by atoms with Crippen LogP contribution in [-0.4, -0.2) is 15.2 Å². The van der Waals surface area contributed by atoms with Gasteiger partial charge in [-0.05, 0) is 0 Å². The predicted molar refractivity (Wildman–Crippen MR) is 36.7 cm³/mol. The molecule has 0 unspecified atom stereocenters. The quantitative estimate of drug-likeness (QED) is 0.544. The molecule has 0 atom stereocenters. The van der Waals surface area contributed by atoms with Crippen molar-refractivity contribution in [2.75, 3.05) is 0 Å². The molecule has 0 fully saturated rings. The zero-order valence-electron chi connectivity index (χ0n) is 5.09. The number of hydrogen-bond acceptors (Lipinski definition) is 2. The number of pyridine rings is 1. The number of fused-ring (bicyclic) bond motifs is 1. The van der Waals surface area contributed by atoms with Gasteiger partial charge >= 0.3 is 0 Å². The first-order valence-electron chi connectivity index (χ1n) is 2.88. The van der Waals surface area contributed by atoms with Crippen LogP contribution in [0.15, 0.2) is 23.3 Å². The zero-order valence-corrected chi connectivity index (χ0v) is 5.09. The first-order valence-corrected chi connectivity index (χ1v) is 2.88. The Morgan fingerprint density at radius 3 is 3.30 bits per heavy atom. The molecular weight excluding hydrogens is 130 g/mol. The Labute approximate surface area is 55.9 Å². The fourth-order valence-corrected chi connectivity index (χ4v) is 0.858. The van der Waals surface area contributed by atoms with Crippen molar-refractivity contribution in [1.82, 2.24) is 15.2 Å². The molecule has 4 nitrogen and oxygen atoms in total. The van der Waals surface area contributed by atoms with Gasteiger partial charge in [0.25, 0.3) is 0 Å². The molecule has 0 radical (unpaired) electrons. The molecule has 2 rings (SSSR count). The molecule has 0 bridgehead atoms. The maximum Gasteiger partial charge on any atom is 0.250 e. The summed E-state index contributed by atoms with van der Waals surface area (Å²) in [6.07, 6.45) is 3.28. The molecule has 0 saturated carbocycles. The number of nitrogens with one attached hydrogen (secondary N) is 2. The second-order valence-electron chi connectivity index (χ2n) is 2.04. The minimum absolute atomic E-state index is 0.114. The first-order chi connectivity index (χ1) is 4.86. The van der Waals surface area contributed by atoms with E-state index in [1.165, 1.54) is 6.07 Å². The summed E-state index contributed by atoms with van der Waals surface area (Å²) in [5.74, 6) is 0. The summed E-state index contributed by atoms with van der Waals surface area (Å²) in [5.41, 5.74) is 0.653. The monoisotopic (exact) mass is 135 g/mol. The Kier molecular flexibility index (Phi) is 0.887. The fraction of sp³-hybridized carbons (Fsp3) is 0. The van der Waals surface area contributed by atoms with Crippen molar-refractivity contribution in [1.29, 1.82) is 0 Å². The molecule has 0 spiro atoms. The molecular formula is C6H5N3O. The van der Waals surface area contributed by atoms with E-state index in [1.54, 1.807) is 12.4 Å². The highest BCUT2D eigenvalue weighted by Gasteiger charge is 1.92. The summed E-state index contributed by atoms with van der Waals surface area (Å²) in [6.45, 7) is 0. The molecule has 0 aliphatic heterocycles. The van der Waals surface area contributed by atoms with Gasteiger partial charge in [0, 0.05) is 17.6 Å². The lowest BCUT2D eigenvalue weighted by atomic mass is 10.3. The van der Waals surface area contributed by atoms with Crippen LogP contribution in [0.2, 0.25) is 0 Å². The summed E-state index contributed by atoms with van der Waals surface area (Å²) in [6, 6.07) is 1.47. The lowest BCUT2D eigenvalue weighted by molar-refractivity contribution is 1.12. The third kappa shape index (κ3) is 0.621. The summed E-state index contributed by atoms with van der Waals surface area (Å²) in [4.78, 5) is 13.2. The third-order valence-electron chi connectivity index (χ3n) is 1.35. The molecule has 0 saturated heterocycles. The van der Waals surface area contributed by atoms with E-state index in [2.05, 4.69) is 15.2 Å². The zero-order chi connectivity index (χ0) is 6.97. The van der Waals surface area contributed by atoms with Gasteiger partial charge in [0.15, 0.2) is 0 Å². The number of aromatic amines is 2. The second kappa shape index (κ2) is 1.70. The van der Waals surface area contributed by atoms with Crippen molar-refractivity contribution < 1.29 is 0 Å². The van der Waals surface area contributed by atoms with Crippen molar-refractivity contribution >= 4 is 10.9 Å². The summed E-state index contributed by atoms with van der Waals surface area (Å²) >= 11 is 0. The van der Waals surface area contributed by atoms with E-state index in [-0.39, 0.29) is 5.56 Å². The number of hydrogen-bond donors (Lipinski definition) is 2. The normalized spacial score (nSPS) is 10.4. The van der Waals surface area contributed by atoms with Crippen molar-refractivity contribution in [2.24, 2.45) is 0 Å². The van der Waals surface area contributed by atoms with Crippen LogP contribution in [-0.2, 0) is 0 Å². The molecule has 50 valence electrons. The van der Waals surface area contributed by atoms with E-state index in [1.807, 2.05) is 0 Å². The molecule has 0 aromatic carbocycles. The highest BCUT2D eigenvalue weighted by atomic mass is 16.1. The van der Waals surface area contributed by atoms with Crippen LogP contribution in [0, 0.1) is 0 Å². The number of rotatable bonds is 0. The van der Waals surface area contributed by atoms with E-state index in [0.29, 0.717) is 0 Å². The van der Waals surface area contributed by atoms with Crippen LogP contribution >= 0.6 is 0 Å². The Bertz CT molecular complexity index is 400. The van der Waals surface area contributed by atoms with Crippen LogP contribution in [0.25, 0.3) is 10.9 Å². The molecule has 2 aromatic rings. The smallest absolute Gasteiger partial charge is 0.250 e. The maximum absolute atomic E-state index is 10.7. The first kappa shape index (κ1) is 5.22. The molecule has 0 amide bonds. The van der Waals surface area contributed by atoms with Crippen molar-refractivity contribution in [3.63, 3.8) is 0 Å². The molecule has 4 heteroatoms. The second-order valence-corrected chi connectivity index (χ2v) is 2.04. The Morgan fingerprint density at radius 1 is 1.50 bits per heavy atom. The average molecular weight is 135 g/mol.